The molecule has 1 unspecified atom stereocenters. The van der Waals surface area contributed by atoms with Crippen LogP contribution in [-0.4, -0.2) is 69.6 Å². The van der Waals surface area contributed by atoms with Gasteiger partial charge in [0.2, 0.25) is 5.91 Å². The molecule has 2 saturated carbocycles. The topological polar surface area (TPSA) is 107 Å². The molecule has 1 spiro atoms. The van der Waals surface area contributed by atoms with Crippen LogP contribution in [0.25, 0.3) is 0 Å². The van der Waals surface area contributed by atoms with Crippen molar-refractivity contribution in [1.29, 1.82) is 0 Å². The molecule has 2 heterocycles. The number of rotatable bonds is 5. The van der Waals surface area contributed by atoms with E-state index >= 15 is 0 Å². The van der Waals surface area contributed by atoms with Gasteiger partial charge in [-0.15, -0.1) is 0 Å². The molecular weight excluding hydrogens is 334 g/mol. The van der Waals surface area contributed by atoms with E-state index in [9.17, 15) is 14.7 Å². The van der Waals surface area contributed by atoms with Crippen LogP contribution in [0.15, 0.2) is 18.7 Å². The second kappa shape index (κ2) is 6.92. The molecule has 0 radical (unpaired) electrons. The van der Waals surface area contributed by atoms with Crippen LogP contribution in [0.4, 0.5) is 0 Å². The van der Waals surface area contributed by atoms with Crippen molar-refractivity contribution in [3.8, 4) is 0 Å². The maximum absolute atomic E-state index is 12.2. The Labute approximate surface area is 152 Å². The van der Waals surface area contributed by atoms with Gasteiger partial charge in [0.25, 0.3) is 5.91 Å². The van der Waals surface area contributed by atoms with Crippen molar-refractivity contribution < 1.29 is 14.7 Å². The molecular formula is C18H25N5O3. The zero-order valence-electron chi connectivity index (χ0n) is 14.7. The van der Waals surface area contributed by atoms with E-state index in [2.05, 4.69) is 25.5 Å². The lowest BCUT2D eigenvalue weighted by atomic mass is 9.76. The Balaban J connectivity index is 1.17. The van der Waals surface area contributed by atoms with E-state index in [4.69, 9.17) is 0 Å². The van der Waals surface area contributed by atoms with Crippen LogP contribution >= 0.6 is 0 Å². The molecule has 4 rings (SSSR count). The van der Waals surface area contributed by atoms with Gasteiger partial charge in [-0.2, -0.15) is 0 Å². The first-order valence-corrected chi connectivity index (χ1v) is 9.30. The maximum Gasteiger partial charge on any atom is 0.254 e. The summed E-state index contributed by atoms with van der Waals surface area (Å²) in [6, 6.07) is 0.395. The van der Waals surface area contributed by atoms with Crippen molar-refractivity contribution in [2.24, 2.45) is 5.41 Å². The summed E-state index contributed by atoms with van der Waals surface area (Å²) >= 11 is 0. The first kappa shape index (κ1) is 17.4. The lowest BCUT2D eigenvalue weighted by Crippen LogP contribution is -2.49. The van der Waals surface area contributed by atoms with E-state index < -0.39 is 0 Å². The molecule has 0 aromatic carbocycles. The number of aliphatic hydroxyl groups is 1. The Morgan fingerprint density at radius 3 is 2.54 bits per heavy atom. The average Bonchev–Trinajstić information content (AvgIpc) is 3.31. The molecule has 1 atom stereocenters. The zero-order valence-corrected chi connectivity index (χ0v) is 14.7. The van der Waals surface area contributed by atoms with Crippen LogP contribution in [0.1, 0.15) is 42.5 Å². The summed E-state index contributed by atoms with van der Waals surface area (Å²) in [6.45, 7) is 1.97. The number of carbonyl (C=O) groups is 2. The van der Waals surface area contributed by atoms with E-state index in [0.717, 1.165) is 45.2 Å². The zero-order chi connectivity index (χ0) is 18.1. The molecule has 8 nitrogen and oxygen atoms in total. The van der Waals surface area contributed by atoms with Gasteiger partial charge in [-0.3, -0.25) is 14.5 Å². The number of carbonyl (C=O) groups excluding carboxylic acids is 2. The third-order valence-corrected chi connectivity index (χ3v) is 5.91. The highest BCUT2D eigenvalue weighted by molar-refractivity contribution is 5.93. The molecule has 3 fully saturated rings. The van der Waals surface area contributed by atoms with Gasteiger partial charge in [0.1, 0.15) is 6.33 Å². The number of hydrogen-bond acceptors (Lipinski definition) is 6. The summed E-state index contributed by atoms with van der Waals surface area (Å²) in [5.74, 6) is -0.0730. The molecule has 0 bridgehead atoms. The lowest BCUT2D eigenvalue weighted by molar-refractivity contribution is -0.123. The van der Waals surface area contributed by atoms with E-state index in [-0.39, 0.29) is 35.4 Å². The number of nitrogens with one attached hydrogen (secondary N) is 2. The number of amides is 2. The van der Waals surface area contributed by atoms with Crippen molar-refractivity contribution in [3.63, 3.8) is 0 Å². The summed E-state index contributed by atoms with van der Waals surface area (Å²) in [5.41, 5.74) is 0.652. The van der Waals surface area contributed by atoms with Crippen molar-refractivity contribution >= 4 is 11.8 Å². The van der Waals surface area contributed by atoms with E-state index in [1.54, 1.807) is 0 Å². The molecule has 3 N–H and O–H groups in total. The number of piperidine rings is 1. The maximum atomic E-state index is 12.2. The van der Waals surface area contributed by atoms with Crippen molar-refractivity contribution in [2.75, 3.05) is 19.6 Å². The highest BCUT2D eigenvalue weighted by Gasteiger charge is 2.62. The average molecular weight is 359 g/mol. The van der Waals surface area contributed by atoms with Crippen LogP contribution in [0.2, 0.25) is 0 Å². The largest absolute Gasteiger partial charge is 0.393 e. The van der Waals surface area contributed by atoms with Crippen LogP contribution in [0.3, 0.4) is 0 Å². The Morgan fingerprint density at radius 1 is 1.15 bits per heavy atom. The molecule has 8 heteroatoms. The predicted molar refractivity (Wildman–Crippen MR) is 93.2 cm³/mol. The van der Waals surface area contributed by atoms with Crippen molar-refractivity contribution in [1.82, 2.24) is 25.5 Å². The summed E-state index contributed by atoms with van der Waals surface area (Å²) in [5, 5.41) is 15.7. The van der Waals surface area contributed by atoms with E-state index in [0.29, 0.717) is 12.1 Å². The summed E-state index contributed by atoms with van der Waals surface area (Å²) in [4.78, 5) is 34.1. The molecule has 1 aromatic heterocycles. The second-order valence-corrected chi connectivity index (χ2v) is 7.90. The summed E-state index contributed by atoms with van der Waals surface area (Å²) < 4.78 is 0. The fraction of sp³-hybridized carbons (Fsp3) is 0.667. The number of nitrogens with zero attached hydrogens (tertiary/aromatic N) is 3. The third-order valence-electron chi connectivity index (χ3n) is 5.91. The highest BCUT2D eigenvalue weighted by atomic mass is 16.3. The van der Waals surface area contributed by atoms with Crippen LogP contribution in [0, 0.1) is 5.41 Å². The van der Waals surface area contributed by atoms with Gasteiger partial charge < -0.3 is 15.7 Å². The van der Waals surface area contributed by atoms with Crippen LogP contribution in [0.5, 0.6) is 0 Å². The molecule has 26 heavy (non-hydrogen) atoms. The fourth-order valence-corrected chi connectivity index (χ4v) is 4.23. The Kier molecular flexibility index (Phi) is 4.62. The molecule has 1 aromatic rings. The monoisotopic (exact) mass is 359 g/mol. The number of aromatic nitrogens is 2. The Hall–Kier alpha value is -2.06. The smallest absolute Gasteiger partial charge is 0.254 e. The minimum atomic E-state index is -0.217. The minimum absolute atomic E-state index is 0.0668. The van der Waals surface area contributed by atoms with E-state index in [1.165, 1.54) is 18.7 Å². The molecule has 3 aliphatic rings. The number of aliphatic hydroxyl groups excluding tert-OH is 1. The first-order chi connectivity index (χ1) is 12.5. The highest BCUT2D eigenvalue weighted by Crippen LogP contribution is 2.60. The number of likely N-dealkylation sites (tertiary alicyclic amines) is 1. The van der Waals surface area contributed by atoms with Crippen LogP contribution in [-0.2, 0) is 4.79 Å². The molecule has 1 saturated heterocycles. The van der Waals surface area contributed by atoms with Gasteiger partial charge in [-0.25, -0.2) is 9.97 Å². The first-order valence-electron chi connectivity index (χ1n) is 9.30. The molecule has 2 aliphatic carbocycles. The molecule has 2 amide bonds. The number of hydrogen-bond donors (Lipinski definition) is 3. The normalized spacial score (nSPS) is 31.3. The van der Waals surface area contributed by atoms with Crippen molar-refractivity contribution in [3.05, 3.63) is 24.3 Å². The lowest BCUT2D eigenvalue weighted by Gasteiger charge is -2.37. The van der Waals surface area contributed by atoms with Gasteiger partial charge >= 0.3 is 0 Å². The molecule has 140 valence electrons. The van der Waals surface area contributed by atoms with Gasteiger partial charge in [0.15, 0.2) is 0 Å². The van der Waals surface area contributed by atoms with Gasteiger partial charge in [0.05, 0.1) is 18.2 Å². The van der Waals surface area contributed by atoms with Crippen molar-refractivity contribution in [2.45, 2.75) is 50.3 Å². The Morgan fingerprint density at radius 2 is 1.85 bits per heavy atom. The van der Waals surface area contributed by atoms with Gasteiger partial charge in [-0.05, 0) is 37.5 Å². The fourth-order valence-electron chi connectivity index (χ4n) is 4.23. The second-order valence-electron chi connectivity index (χ2n) is 7.90. The SMILES string of the molecule is O=C(CN1CCC(O)CC1)NC1CC12CC(NC(=O)c1cncnc1)C2. The standard InChI is InChI=1S/C18H25N5O3/c24-14-1-3-23(4-2-14)10-16(25)22-15-7-18(15)5-13(6-18)21-17(26)12-8-19-11-20-9-12/h8-9,11,13-15,24H,1-7,10H2,(H,21,26)(H,22,25). The van der Waals surface area contributed by atoms with Gasteiger partial charge in [-0.1, -0.05) is 0 Å². The molecule has 1 aliphatic heterocycles. The third kappa shape index (κ3) is 3.71. The Bertz CT molecular complexity index is 669. The predicted octanol–water partition coefficient (Wildman–Crippen LogP) is -0.300. The summed E-state index contributed by atoms with van der Waals surface area (Å²) in [7, 11) is 0. The minimum Gasteiger partial charge on any atom is -0.393 e. The summed E-state index contributed by atoms with van der Waals surface area (Å²) in [6.07, 6.45) is 8.51. The van der Waals surface area contributed by atoms with E-state index in [1.807, 2.05) is 0 Å². The van der Waals surface area contributed by atoms with Gasteiger partial charge in [0, 0.05) is 37.6 Å². The van der Waals surface area contributed by atoms with Crippen LogP contribution < -0.4 is 10.6 Å². The quantitative estimate of drug-likeness (QED) is 0.666.